The fraction of sp³-hybridized carbons (Fsp3) is 0.500. The highest BCUT2D eigenvalue weighted by Gasteiger charge is 2.39. The first-order valence-electron chi connectivity index (χ1n) is 5.58. The number of halogens is 2. The topological polar surface area (TPSA) is 49.7 Å². The molecule has 0 unspecified atom stereocenters. The molecule has 1 rings (SSSR count). The van der Waals surface area contributed by atoms with Crippen molar-refractivity contribution in [2.75, 3.05) is 0 Å². The minimum atomic E-state index is -1.09. The summed E-state index contributed by atoms with van der Waals surface area (Å²) in [5.74, 6) is 0. The maximum absolute atomic E-state index is 10.1. The fourth-order valence-corrected chi connectivity index (χ4v) is 1.80. The van der Waals surface area contributed by atoms with Crippen LogP contribution < -0.4 is 5.46 Å². The number of aliphatic hydroxyl groups is 1. The zero-order valence-corrected chi connectivity index (χ0v) is 14.0. The lowest BCUT2D eigenvalue weighted by Crippen LogP contribution is -2.53. The van der Waals surface area contributed by atoms with Crippen molar-refractivity contribution in [2.24, 2.45) is 0 Å². The Balaban J connectivity index is 2.89. The first-order valence-corrected chi connectivity index (χ1v) is 7.16. The summed E-state index contributed by atoms with van der Waals surface area (Å²) in [6, 6.07) is 5.36. The minimum absolute atomic E-state index is 0.627. The number of benzene rings is 1. The Hall–Kier alpha value is 0.125. The molecule has 0 amide bonds. The zero-order valence-electron chi connectivity index (χ0n) is 10.9. The van der Waals surface area contributed by atoms with Crippen LogP contribution in [-0.2, 0) is 4.65 Å². The second-order valence-corrected chi connectivity index (χ2v) is 6.92. The van der Waals surface area contributed by atoms with Crippen LogP contribution in [0, 0.1) is 0 Å². The molecule has 6 heteroatoms. The monoisotopic (exact) mass is 378 g/mol. The van der Waals surface area contributed by atoms with Crippen molar-refractivity contribution >= 4 is 44.4 Å². The summed E-state index contributed by atoms with van der Waals surface area (Å²) in [5, 5.41) is 20.1. The molecule has 0 aliphatic rings. The SMILES string of the molecule is CC(C)(O)C(C)(C)OB(O)c1ccc(Br)c(Br)c1. The van der Waals surface area contributed by atoms with E-state index in [9.17, 15) is 10.1 Å². The van der Waals surface area contributed by atoms with Crippen molar-refractivity contribution in [1.29, 1.82) is 0 Å². The van der Waals surface area contributed by atoms with Crippen molar-refractivity contribution in [3.05, 3.63) is 27.1 Å². The Morgan fingerprint density at radius 3 is 2.11 bits per heavy atom. The second kappa shape index (κ2) is 5.63. The predicted molar refractivity (Wildman–Crippen MR) is 80.9 cm³/mol. The van der Waals surface area contributed by atoms with Crippen LogP contribution in [0.5, 0.6) is 0 Å². The first kappa shape index (κ1) is 16.2. The van der Waals surface area contributed by atoms with Crippen molar-refractivity contribution in [2.45, 2.75) is 38.9 Å². The molecule has 0 saturated carbocycles. The van der Waals surface area contributed by atoms with Crippen LogP contribution in [0.25, 0.3) is 0 Å². The molecule has 2 N–H and O–H groups in total. The van der Waals surface area contributed by atoms with Crippen molar-refractivity contribution in [3.63, 3.8) is 0 Å². The molecule has 0 saturated heterocycles. The summed E-state index contributed by atoms with van der Waals surface area (Å²) < 4.78 is 7.29. The van der Waals surface area contributed by atoms with E-state index in [1.54, 1.807) is 39.8 Å². The summed E-state index contributed by atoms with van der Waals surface area (Å²) >= 11 is 6.73. The largest absolute Gasteiger partial charge is 0.491 e. The summed E-state index contributed by atoms with van der Waals surface area (Å²) in [7, 11) is -1.09. The fourth-order valence-electron chi connectivity index (χ4n) is 1.16. The number of rotatable bonds is 4. The minimum Gasteiger partial charge on any atom is -0.423 e. The standard InChI is InChI=1S/C12H17BBr2O3/c1-11(2,16)12(3,4)18-13(17)8-5-6-9(14)10(15)7-8/h5-7,16-17H,1-4H3. The Kier molecular flexibility index (Phi) is 5.06. The van der Waals surface area contributed by atoms with E-state index < -0.39 is 18.3 Å². The molecule has 0 aliphatic heterocycles. The highest BCUT2D eigenvalue weighted by molar-refractivity contribution is 9.13. The molecular weight excluding hydrogens is 363 g/mol. The second-order valence-electron chi connectivity index (χ2n) is 5.21. The van der Waals surface area contributed by atoms with Crippen molar-refractivity contribution in [1.82, 2.24) is 0 Å². The van der Waals surface area contributed by atoms with Gasteiger partial charge in [0, 0.05) is 8.95 Å². The smallest absolute Gasteiger partial charge is 0.423 e. The van der Waals surface area contributed by atoms with Crippen molar-refractivity contribution < 1.29 is 14.8 Å². The van der Waals surface area contributed by atoms with Crippen LogP contribution in [0.4, 0.5) is 0 Å². The number of hydrogen-bond acceptors (Lipinski definition) is 3. The third-order valence-corrected chi connectivity index (χ3v) is 4.99. The molecule has 3 nitrogen and oxygen atoms in total. The molecule has 0 spiro atoms. The molecule has 0 fully saturated rings. The highest BCUT2D eigenvalue weighted by atomic mass is 79.9. The molecule has 0 atom stereocenters. The van der Waals surface area contributed by atoms with Gasteiger partial charge in [0.2, 0.25) is 0 Å². The maximum atomic E-state index is 10.1. The first-order chi connectivity index (χ1) is 8.04. The van der Waals surface area contributed by atoms with Crippen LogP contribution in [0.1, 0.15) is 27.7 Å². The van der Waals surface area contributed by atoms with Gasteiger partial charge in [0.1, 0.15) is 0 Å². The average Bonchev–Trinajstić information content (AvgIpc) is 2.19. The highest BCUT2D eigenvalue weighted by Crippen LogP contribution is 2.26. The number of hydrogen-bond donors (Lipinski definition) is 2. The lowest BCUT2D eigenvalue weighted by Gasteiger charge is -2.38. The molecule has 100 valence electrons. The van der Waals surface area contributed by atoms with Gasteiger partial charge in [0.05, 0.1) is 11.2 Å². The van der Waals surface area contributed by atoms with Gasteiger partial charge in [0.15, 0.2) is 0 Å². The van der Waals surface area contributed by atoms with Crippen molar-refractivity contribution in [3.8, 4) is 0 Å². The Labute approximate surface area is 125 Å². The van der Waals surface area contributed by atoms with Gasteiger partial charge in [-0.1, -0.05) is 6.07 Å². The molecule has 0 aliphatic carbocycles. The van der Waals surface area contributed by atoms with Crippen LogP contribution in [-0.4, -0.2) is 28.5 Å². The predicted octanol–water partition coefficient (Wildman–Crippen LogP) is 2.47. The summed E-state index contributed by atoms with van der Waals surface area (Å²) in [4.78, 5) is 0. The van der Waals surface area contributed by atoms with E-state index in [1.807, 2.05) is 6.07 Å². The van der Waals surface area contributed by atoms with Gasteiger partial charge in [-0.15, -0.1) is 0 Å². The molecule has 0 bridgehead atoms. The Morgan fingerprint density at radius 2 is 1.67 bits per heavy atom. The summed E-state index contributed by atoms with van der Waals surface area (Å²) in [6.07, 6.45) is 0. The van der Waals surface area contributed by atoms with Gasteiger partial charge in [0.25, 0.3) is 0 Å². The van der Waals surface area contributed by atoms with E-state index in [1.165, 1.54) is 0 Å². The molecule has 1 aromatic carbocycles. The van der Waals surface area contributed by atoms with Gasteiger partial charge < -0.3 is 14.8 Å². The van der Waals surface area contributed by atoms with Crippen LogP contribution in [0.3, 0.4) is 0 Å². The quantitative estimate of drug-likeness (QED) is 0.790. The van der Waals surface area contributed by atoms with E-state index in [2.05, 4.69) is 31.9 Å². The summed E-state index contributed by atoms with van der Waals surface area (Å²) in [5.41, 5.74) is -1.30. The molecule has 0 radical (unpaired) electrons. The zero-order chi connectivity index (χ0) is 14.1. The summed E-state index contributed by atoms with van der Waals surface area (Å²) in [6.45, 7) is 6.78. The maximum Gasteiger partial charge on any atom is 0.491 e. The van der Waals surface area contributed by atoms with E-state index >= 15 is 0 Å². The molecular formula is C12H17BBr2O3. The molecule has 1 aromatic rings. The van der Waals surface area contributed by atoms with E-state index in [4.69, 9.17) is 4.65 Å². The van der Waals surface area contributed by atoms with E-state index in [-0.39, 0.29) is 0 Å². The third kappa shape index (κ3) is 3.81. The third-order valence-electron chi connectivity index (χ3n) is 3.11. The van der Waals surface area contributed by atoms with E-state index in [0.29, 0.717) is 5.46 Å². The lowest BCUT2D eigenvalue weighted by molar-refractivity contribution is -0.0982. The average molecular weight is 380 g/mol. The Bertz CT molecular complexity index is 430. The van der Waals surface area contributed by atoms with Gasteiger partial charge in [-0.2, -0.15) is 0 Å². The Morgan fingerprint density at radius 1 is 1.11 bits per heavy atom. The van der Waals surface area contributed by atoms with Gasteiger partial charge in [-0.25, -0.2) is 0 Å². The normalized spacial score (nSPS) is 12.7. The van der Waals surface area contributed by atoms with Gasteiger partial charge >= 0.3 is 7.12 Å². The van der Waals surface area contributed by atoms with E-state index in [0.717, 1.165) is 8.95 Å². The van der Waals surface area contributed by atoms with Gasteiger partial charge in [-0.3, -0.25) is 0 Å². The van der Waals surface area contributed by atoms with Gasteiger partial charge in [-0.05, 0) is 77.2 Å². The molecule has 0 heterocycles. The molecule has 0 aromatic heterocycles. The van der Waals surface area contributed by atoms with Crippen LogP contribution in [0.15, 0.2) is 27.1 Å². The molecule has 18 heavy (non-hydrogen) atoms. The lowest BCUT2D eigenvalue weighted by atomic mass is 9.76. The van der Waals surface area contributed by atoms with Crippen LogP contribution >= 0.6 is 31.9 Å². The van der Waals surface area contributed by atoms with Crippen LogP contribution in [0.2, 0.25) is 0 Å².